The van der Waals surface area contributed by atoms with Crippen LogP contribution in [0.25, 0.3) is 10.9 Å². The van der Waals surface area contributed by atoms with Gasteiger partial charge in [0.05, 0.1) is 0 Å². The van der Waals surface area contributed by atoms with Gasteiger partial charge in [0.25, 0.3) is 0 Å². The summed E-state index contributed by atoms with van der Waals surface area (Å²) >= 11 is 0. The normalized spacial score (nSPS) is 10.6. The van der Waals surface area contributed by atoms with Crippen molar-refractivity contribution >= 4 is 17.0 Å². The van der Waals surface area contributed by atoms with Crippen LogP contribution < -0.4 is 5.32 Å². The molecule has 0 spiro atoms. The summed E-state index contributed by atoms with van der Waals surface area (Å²) in [5, 5.41) is 12.1. The summed E-state index contributed by atoms with van der Waals surface area (Å²) in [6, 6.07) is 8.05. The van der Waals surface area contributed by atoms with E-state index in [0.29, 0.717) is 13.0 Å². The minimum atomic E-state index is -0.975. The summed E-state index contributed by atoms with van der Waals surface area (Å²) in [5.74, 6) is 0. The first kappa shape index (κ1) is 10.5. The van der Waals surface area contributed by atoms with Crippen molar-refractivity contribution in [2.75, 3.05) is 6.54 Å². The Labute approximate surface area is 93.3 Å². The molecule has 2 aromatic rings. The molecule has 2 rings (SSSR count). The number of aryl methyl sites for hydroxylation is 1. The molecule has 1 amide bonds. The van der Waals surface area contributed by atoms with Crippen LogP contribution in [-0.4, -0.2) is 22.7 Å². The van der Waals surface area contributed by atoms with Crippen LogP contribution in [0.4, 0.5) is 4.79 Å². The number of H-pyrrole nitrogens is 1. The molecule has 0 aliphatic carbocycles. The maximum atomic E-state index is 10.4. The van der Waals surface area contributed by atoms with E-state index in [9.17, 15) is 4.79 Å². The number of fused-ring (bicyclic) bond motifs is 1. The van der Waals surface area contributed by atoms with E-state index in [2.05, 4.69) is 16.4 Å². The lowest BCUT2D eigenvalue weighted by Crippen LogP contribution is -2.23. The zero-order chi connectivity index (χ0) is 11.5. The summed E-state index contributed by atoms with van der Waals surface area (Å²) in [6.07, 6.45) is -0.264. The molecule has 84 valence electrons. The van der Waals surface area contributed by atoms with Gasteiger partial charge in [0, 0.05) is 23.1 Å². The molecule has 1 aromatic heterocycles. The number of rotatable bonds is 3. The fourth-order valence-electron chi connectivity index (χ4n) is 1.95. The molecule has 4 heteroatoms. The third kappa shape index (κ3) is 2.00. The van der Waals surface area contributed by atoms with Gasteiger partial charge in [-0.15, -0.1) is 0 Å². The van der Waals surface area contributed by atoms with Gasteiger partial charge in [0.1, 0.15) is 0 Å². The maximum absolute atomic E-state index is 10.4. The zero-order valence-corrected chi connectivity index (χ0v) is 9.08. The molecule has 4 nitrogen and oxygen atoms in total. The summed E-state index contributed by atoms with van der Waals surface area (Å²) in [4.78, 5) is 13.6. The van der Waals surface area contributed by atoms with Crippen LogP contribution in [0.1, 0.15) is 11.3 Å². The van der Waals surface area contributed by atoms with Crippen molar-refractivity contribution < 1.29 is 9.90 Å². The Kier molecular flexibility index (Phi) is 2.81. The van der Waals surface area contributed by atoms with Crippen LogP contribution in [0.3, 0.4) is 0 Å². The molecule has 0 saturated carbocycles. The first-order valence-corrected chi connectivity index (χ1v) is 5.21. The van der Waals surface area contributed by atoms with Gasteiger partial charge < -0.3 is 15.4 Å². The third-order valence-corrected chi connectivity index (χ3v) is 2.68. The Morgan fingerprint density at radius 3 is 2.94 bits per heavy atom. The molecule has 0 radical (unpaired) electrons. The molecule has 0 aliphatic rings. The molecule has 0 unspecified atom stereocenters. The van der Waals surface area contributed by atoms with Crippen LogP contribution in [0.15, 0.2) is 24.3 Å². The van der Waals surface area contributed by atoms with Crippen molar-refractivity contribution in [3.8, 4) is 0 Å². The van der Waals surface area contributed by atoms with Gasteiger partial charge in [-0.25, -0.2) is 4.79 Å². The third-order valence-electron chi connectivity index (χ3n) is 2.68. The van der Waals surface area contributed by atoms with Crippen LogP contribution >= 0.6 is 0 Å². The Balaban J connectivity index is 2.22. The highest BCUT2D eigenvalue weighted by molar-refractivity contribution is 5.84. The van der Waals surface area contributed by atoms with Crippen LogP contribution in [-0.2, 0) is 6.42 Å². The van der Waals surface area contributed by atoms with E-state index in [1.807, 2.05) is 25.1 Å². The Morgan fingerprint density at radius 2 is 2.19 bits per heavy atom. The summed E-state index contributed by atoms with van der Waals surface area (Å²) < 4.78 is 0. The number of carboxylic acid groups (broad SMARTS) is 1. The molecule has 0 aliphatic heterocycles. The highest BCUT2D eigenvalue weighted by Gasteiger charge is 2.07. The number of nitrogens with one attached hydrogen (secondary N) is 2. The number of aromatic nitrogens is 1. The Hall–Kier alpha value is -1.97. The number of para-hydroxylation sites is 1. The lowest BCUT2D eigenvalue weighted by atomic mass is 10.1. The molecule has 1 aromatic carbocycles. The SMILES string of the molecule is Cc1[nH]c2ccccc2c1CCNC(=O)O. The summed E-state index contributed by atoms with van der Waals surface area (Å²) in [6.45, 7) is 2.45. The second-order valence-corrected chi connectivity index (χ2v) is 3.76. The Morgan fingerprint density at radius 1 is 1.44 bits per heavy atom. The molecule has 0 fully saturated rings. The van der Waals surface area contributed by atoms with Gasteiger partial charge in [0.15, 0.2) is 0 Å². The van der Waals surface area contributed by atoms with E-state index in [1.54, 1.807) is 0 Å². The van der Waals surface area contributed by atoms with Gasteiger partial charge in [-0.1, -0.05) is 18.2 Å². The standard InChI is InChI=1S/C12H14N2O2/c1-8-9(6-7-13-12(15)16)10-4-2-3-5-11(10)14-8/h2-5,13-14H,6-7H2,1H3,(H,15,16). The van der Waals surface area contributed by atoms with Gasteiger partial charge in [-0.05, 0) is 25.0 Å². The molecule has 0 bridgehead atoms. The smallest absolute Gasteiger partial charge is 0.404 e. The maximum Gasteiger partial charge on any atom is 0.404 e. The van der Waals surface area contributed by atoms with Crippen molar-refractivity contribution in [2.45, 2.75) is 13.3 Å². The lowest BCUT2D eigenvalue weighted by Gasteiger charge is -2.01. The molecule has 3 N–H and O–H groups in total. The second kappa shape index (κ2) is 4.26. The summed E-state index contributed by atoms with van der Waals surface area (Å²) in [5.41, 5.74) is 3.39. The van der Waals surface area contributed by atoms with Crippen molar-refractivity contribution in [3.05, 3.63) is 35.5 Å². The topological polar surface area (TPSA) is 65.1 Å². The van der Waals surface area contributed by atoms with Crippen molar-refractivity contribution in [2.24, 2.45) is 0 Å². The van der Waals surface area contributed by atoms with Crippen LogP contribution in [0.2, 0.25) is 0 Å². The monoisotopic (exact) mass is 218 g/mol. The molecule has 16 heavy (non-hydrogen) atoms. The number of amides is 1. The van der Waals surface area contributed by atoms with E-state index in [-0.39, 0.29) is 0 Å². The minimum absolute atomic E-state index is 0.442. The van der Waals surface area contributed by atoms with Gasteiger partial charge in [-0.2, -0.15) is 0 Å². The number of aromatic amines is 1. The molecular formula is C12H14N2O2. The second-order valence-electron chi connectivity index (χ2n) is 3.76. The predicted octanol–water partition coefficient (Wildman–Crippen LogP) is 2.29. The number of hydrogen-bond donors (Lipinski definition) is 3. The zero-order valence-electron chi connectivity index (χ0n) is 9.08. The molecule has 1 heterocycles. The van der Waals surface area contributed by atoms with E-state index >= 15 is 0 Å². The largest absolute Gasteiger partial charge is 0.465 e. The number of carbonyl (C=O) groups is 1. The van der Waals surface area contributed by atoms with E-state index in [4.69, 9.17) is 5.11 Å². The lowest BCUT2D eigenvalue weighted by molar-refractivity contribution is 0.194. The van der Waals surface area contributed by atoms with E-state index < -0.39 is 6.09 Å². The van der Waals surface area contributed by atoms with Gasteiger partial charge >= 0.3 is 6.09 Å². The Bertz CT molecular complexity index is 517. The minimum Gasteiger partial charge on any atom is -0.465 e. The average Bonchev–Trinajstić information content (AvgIpc) is 2.55. The van der Waals surface area contributed by atoms with Crippen molar-refractivity contribution in [3.63, 3.8) is 0 Å². The molecule has 0 saturated heterocycles. The quantitative estimate of drug-likeness (QED) is 0.740. The van der Waals surface area contributed by atoms with Crippen LogP contribution in [0.5, 0.6) is 0 Å². The van der Waals surface area contributed by atoms with Gasteiger partial charge in [0.2, 0.25) is 0 Å². The first-order valence-electron chi connectivity index (χ1n) is 5.21. The fraction of sp³-hybridized carbons (Fsp3) is 0.250. The van der Waals surface area contributed by atoms with Crippen molar-refractivity contribution in [1.82, 2.24) is 10.3 Å². The molecular weight excluding hydrogens is 204 g/mol. The highest BCUT2D eigenvalue weighted by atomic mass is 16.4. The molecule has 0 atom stereocenters. The number of hydrogen-bond acceptors (Lipinski definition) is 1. The van der Waals surface area contributed by atoms with Crippen LogP contribution in [0, 0.1) is 6.92 Å². The average molecular weight is 218 g/mol. The van der Waals surface area contributed by atoms with E-state index in [0.717, 1.165) is 11.2 Å². The number of benzene rings is 1. The predicted molar refractivity (Wildman–Crippen MR) is 62.8 cm³/mol. The highest BCUT2D eigenvalue weighted by Crippen LogP contribution is 2.21. The first-order chi connectivity index (χ1) is 7.68. The summed E-state index contributed by atoms with van der Waals surface area (Å²) in [7, 11) is 0. The fourth-order valence-corrected chi connectivity index (χ4v) is 1.95. The van der Waals surface area contributed by atoms with E-state index in [1.165, 1.54) is 10.9 Å². The van der Waals surface area contributed by atoms with Gasteiger partial charge in [-0.3, -0.25) is 0 Å². The van der Waals surface area contributed by atoms with Crippen molar-refractivity contribution in [1.29, 1.82) is 0 Å².